The summed E-state index contributed by atoms with van der Waals surface area (Å²) >= 11 is 12.3. The number of allylic oxidation sites excluding steroid dienone is 2. The molecule has 0 aromatic heterocycles. The Morgan fingerprint density at radius 2 is 1.77 bits per heavy atom. The number of carbonyl (C=O) groups excluding carboxylic acids is 4. The van der Waals surface area contributed by atoms with Gasteiger partial charge in [-0.05, 0) is 48.7 Å². The molecule has 5 rings (SSSR count). The smallest absolute Gasteiger partial charge is 0.316 e. The van der Waals surface area contributed by atoms with E-state index >= 15 is 0 Å². The van der Waals surface area contributed by atoms with Gasteiger partial charge in [0.1, 0.15) is 5.75 Å². The van der Waals surface area contributed by atoms with Crippen LogP contribution in [-0.2, 0) is 19.2 Å². The van der Waals surface area contributed by atoms with Gasteiger partial charge in [-0.15, -0.1) is 0 Å². The zero-order valence-corrected chi connectivity index (χ0v) is 20.3. The monoisotopic (exact) mass is 512 g/mol. The predicted octanol–water partition coefficient (Wildman–Crippen LogP) is 4.65. The van der Waals surface area contributed by atoms with E-state index in [1.165, 1.54) is 9.80 Å². The third-order valence-corrected chi connectivity index (χ3v) is 7.68. The number of benzene rings is 2. The van der Waals surface area contributed by atoms with Gasteiger partial charge >= 0.3 is 5.97 Å². The van der Waals surface area contributed by atoms with Crippen LogP contribution in [0, 0.1) is 23.7 Å². The van der Waals surface area contributed by atoms with Crippen molar-refractivity contribution in [2.75, 3.05) is 16.3 Å². The third-order valence-electron chi connectivity index (χ3n) is 6.87. The van der Waals surface area contributed by atoms with Crippen LogP contribution in [0.1, 0.15) is 19.8 Å². The van der Waals surface area contributed by atoms with Crippen molar-refractivity contribution in [1.29, 1.82) is 0 Å². The normalized spacial score (nSPS) is 25.9. The van der Waals surface area contributed by atoms with Crippen LogP contribution in [0.4, 0.5) is 11.4 Å². The molecular weight excluding hydrogens is 491 g/mol. The molecule has 0 unspecified atom stereocenters. The predicted molar refractivity (Wildman–Crippen MR) is 131 cm³/mol. The van der Waals surface area contributed by atoms with Crippen molar-refractivity contribution < 1.29 is 23.9 Å². The molecule has 3 amide bonds. The van der Waals surface area contributed by atoms with Crippen LogP contribution in [0.5, 0.6) is 5.75 Å². The molecule has 2 aromatic rings. The van der Waals surface area contributed by atoms with Gasteiger partial charge in [0.15, 0.2) is 0 Å². The van der Waals surface area contributed by atoms with Crippen LogP contribution >= 0.6 is 23.2 Å². The van der Waals surface area contributed by atoms with E-state index < -0.39 is 11.9 Å². The molecule has 1 aliphatic carbocycles. The molecule has 4 atom stereocenters. The molecule has 3 aliphatic rings. The van der Waals surface area contributed by atoms with E-state index in [0.29, 0.717) is 22.8 Å². The number of amides is 3. The van der Waals surface area contributed by atoms with Gasteiger partial charge in [0.2, 0.25) is 17.7 Å². The Morgan fingerprint density at radius 3 is 2.49 bits per heavy atom. The van der Waals surface area contributed by atoms with E-state index in [1.807, 2.05) is 19.1 Å². The first-order chi connectivity index (χ1) is 16.8. The first-order valence-electron chi connectivity index (χ1n) is 11.4. The zero-order chi connectivity index (χ0) is 24.9. The van der Waals surface area contributed by atoms with Crippen molar-refractivity contribution in [1.82, 2.24) is 0 Å². The van der Waals surface area contributed by atoms with E-state index in [-0.39, 0.29) is 59.2 Å². The molecule has 2 fully saturated rings. The lowest BCUT2D eigenvalue weighted by Gasteiger charge is -2.22. The lowest BCUT2D eigenvalue weighted by molar-refractivity contribution is -0.139. The van der Waals surface area contributed by atoms with Crippen molar-refractivity contribution >= 4 is 58.3 Å². The summed E-state index contributed by atoms with van der Waals surface area (Å²) in [5, 5.41) is 0.575. The standard InChI is InChI=1S/C26H22Cl2N2O5/c1-14-4-2-5-18-22(14)25(33)30(24(18)32)16-8-10-17(11-9-16)35-26(34)15-12-21(31)29(13-15)20-7-3-6-19(27)23(20)28/h2-4,6-11,14-15,18,22H,5,12-13H2,1H3/t14-,15-,18+,22+/m1/s1. The maximum Gasteiger partial charge on any atom is 0.316 e. The summed E-state index contributed by atoms with van der Waals surface area (Å²) in [6, 6.07) is 11.2. The maximum absolute atomic E-state index is 13.0. The number of ether oxygens (including phenoxy) is 1. The van der Waals surface area contributed by atoms with Crippen LogP contribution in [0.3, 0.4) is 0 Å². The van der Waals surface area contributed by atoms with Crippen molar-refractivity contribution in [2.45, 2.75) is 19.8 Å². The molecule has 7 nitrogen and oxygen atoms in total. The average molecular weight is 513 g/mol. The topological polar surface area (TPSA) is 84.0 Å². The molecule has 0 radical (unpaired) electrons. The van der Waals surface area contributed by atoms with E-state index in [9.17, 15) is 19.2 Å². The average Bonchev–Trinajstić information content (AvgIpc) is 3.34. The summed E-state index contributed by atoms with van der Waals surface area (Å²) in [6.45, 7) is 2.07. The SMILES string of the molecule is C[C@@H]1C=CC[C@@H]2C(=O)N(c3ccc(OC(=O)[C@@H]4CC(=O)N(c5cccc(Cl)c5Cl)C4)cc3)C(=O)[C@@H]12. The van der Waals surface area contributed by atoms with Crippen molar-refractivity contribution in [3.63, 3.8) is 0 Å². The number of hydrogen-bond acceptors (Lipinski definition) is 5. The number of hydrogen-bond donors (Lipinski definition) is 0. The number of halogens is 2. The second-order valence-electron chi connectivity index (χ2n) is 9.06. The molecule has 2 saturated heterocycles. The van der Waals surface area contributed by atoms with E-state index in [0.717, 1.165) is 0 Å². The Labute approximate surface area is 212 Å². The molecular formula is C26H22Cl2N2O5. The Kier molecular flexibility index (Phi) is 6.15. The van der Waals surface area contributed by atoms with Crippen LogP contribution in [0.2, 0.25) is 10.0 Å². The summed E-state index contributed by atoms with van der Waals surface area (Å²) in [4.78, 5) is 53.8. The minimum absolute atomic E-state index is 0.00547. The largest absolute Gasteiger partial charge is 0.426 e. The van der Waals surface area contributed by atoms with Gasteiger partial charge in [0, 0.05) is 13.0 Å². The number of imide groups is 1. The van der Waals surface area contributed by atoms with Crippen molar-refractivity contribution in [3.05, 3.63) is 64.7 Å². The van der Waals surface area contributed by atoms with E-state index in [2.05, 4.69) is 0 Å². The fraction of sp³-hybridized carbons (Fsp3) is 0.308. The van der Waals surface area contributed by atoms with Gasteiger partial charge in [-0.3, -0.25) is 24.1 Å². The van der Waals surface area contributed by atoms with Gasteiger partial charge in [-0.25, -0.2) is 0 Å². The first-order valence-corrected chi connectivity index (χ1v) is 12.1. The highest BCUT2D eigenvalue weighted by molar-refractivity contribution is 6.44. The second kappa shape index (κ2) is 9.13. The minimum atomic E-state index is -0.670. The summed E-state index contributed by atoms with van der Waals surface area (Å²) in [6.07, 6.45) is 4.49. The van der Waals surface area contributed by atoms with Gasteiger partial charge in [0.25, 0.3) is 0 Å². The number of carbonyl (C=O) groups is 4. The second-order valence-corrected chi connectivity index (χ2v) is 9.85. The summed E-state index contributed by atoms with van der Waals surface area (Å²) in [5.74, 6) is -2.29. The minimum Gasteiger partial charge on any atom is -0.426 e. The molecule has 2 heterocycles. The summed E-state index contributed by atoms with van der Waals surface area (Å²) < 4.78 is 5.49. The lowest BCUT2D eigenvalue weighted by Crippen LogP contribution is -2.31. The molecule has 0 saturated carbocycles. The number of fused-ring (bicyclic) bond motifs is 1. The zero-order valence-electron chi connectivity index (χ0n) is 18.8. The molecule has 9 heteroatoms. The Balaban J connectivity index is 1.26. The van der Waals surface area contributed by atoms with E-state index in [4.69, 9.17) is 27.9 Å². The third kappa shape index (κ3) is 4.13. The highest BCUT2D eigenvalue weighted by atomic mass is 35.5. The molecule has 2 aromatic carbocycles. The Bertz CT molecular complexity index is 1260. The van der Waals surface area contributed by atoms with Crippen LogP contribution < -0.4 is 14.5 Å². The summed E-state index contributed by atoms with van der Waals surface area (Å²) in [5.41, 5.74) is 0.896. The van der Waals surface area contributed by atoms with Crippen LogP contribution in [0.15, 0.2) is 54.6 Å². The van der Waals surface area contributed by atoms with Gasteiger partial charge < -0.3 is 9.64 Å². The summed E-state index contributed by atoms with van der Waals surface area (Å²) in [7, 11) is 0. The quantitative estimate of drug-likeness (QED) is 0.257. The highest BCUT2D eigenvalue weighted by Crippen LogP contribution is 2.41. The first kappa shape index (κ1) is 23.6. The number of nitrogens with zero attached hydrogens (tertiary/aromatic N) is 2. The lowest BCUT2D eigenvalue weighted by atomic mass is 9.78. The molecule has 0 N–H and O–H groups in total. The fourth-order valence-electron chi connectivity index (χ4n) is 5.06. The van der Waals surface area contributed by atoms with Gasteiger partial charge in [0.05, 0.1) is 39.2 Å². The number of esters is 1. The fourth-order valence-corrected chi connectivity index (χ4v) is 5.46. The molecule has 0 spiro atoms. The van der Waals surface area contributed by atoms with Crippen molar-refractivity contribution in [2.24, 2.45) is 23.7 Å². The van der Waals surface area contributed by atoms with Gasteiger partial charge in [-0.1, -0.05) is 48.3 Å². The van der Waals surface area contributed by atoms with Crippen LogP contribution in [-0.4, -0.2) is 30.2 Å². The number of rotatable bonds is 4. The Morgan fingerprint density at radius 1 is 1.03 bits per heavy atom. The number of anilines is 2. The van der Waals surface area contributed by atoms with E-state index in [1.54, 1.807) is 42.5 Å². The van der Waals surface area contributed by atoms with Crippen molar-refractivity contribution in [3.8, 4) is 5.75 Å². The molecule has 2 aliphatic heterocycles. The maximum atomic E-state index is 13.0. The Hall–Kier alpha value is -3.16. The highest BCUT2D eigenvalue weighted by Gasteiger charge is 2.50. The van der Waals surface area contributed by atoms with Crippen LogP contribution in [0.25, 0.3) is 0 Å². The van der Waals surface area contributed by atoms with Gasteiger partial charge in [-0.2, -0.15) is 0 Å². The molecule has 35 heavy (non-hydrogen) atoms. The molecule has 180 valence electrons. The molecule has 0 bridgehead atoms.